The average molecular weight is 426 g/mol. The van der Waals surface area contributed by atoms with Gasteiger partial charge in [0.2, 0.25) is 11.8 Å². The molecule has 0 saturated heterocycles. The molecular formula is C25H35N3O3. The van der Waals surface area contributed by atoms with Crippen molar-refractivity contribution in [2.24, 2.45) is 5.92 Å². The lowest BCUT2D eigenvalue weighted by molar-refractivity contribution is -0.116. The van der Waals surface area contributed by atoms with Crippen LogP contribution in [0.3, 0.4) is 0 Å². The summed E-state index contributed by atoms with van der Waals surface area (Å²) >= 11 is 0. The maximum Gasteiger partial charge on any atom is 0.238 e. The number of carbonyl (C=O) groups excluding carboxylic acids is 2. The van der Waals surface area contributed by atoms with Gasteiger partial charge in [-0.15, -0.1) is 0 Å². The summed E-state index contributed by atoms with van der Waals surface area (Å²) in [7, 11) is 1.54. The Hall–Kier alpha value is -2.86. The number of methoxy groups -OCH3 is 1. The summed E-state index contributed by atoms with van der Waals surface area (Å²) in [6.07, 6.45) is 1.11. The van der Waals surface area contributed by atoms with Gasteiger partial charge in [0, 0.05) is 18.7 Å². The predicted octanol–water partition coefficient (Wildman–Crippen LogP) is 5.09. The number of rotatable bonds is 10. The largest absolute Gasteiger partial charge is 0.495 e. The standard InChI is InChI=1S/C25H35N3O3/c1-7-17(4)19-8-10-20(11-9-19)25(16(2)3)26-15-24(30)28-22-14-21(27-18(5)29)12-13-23(22)31-6/h8-14,16-17,25-26H,7,15H2,1-6H3,(H,27,29)(H,28,30)/t17-,25-/m0/s1. The summed E-state index contributed by atoms with van der Waals surface area (Å²) in [5, 5.41) is 8.97. The highest BCUT2D eigenvalue weighted by molar-refractivity contribution is 5.95. The molecule has 2 atom stereocenters. The summed E-state index contributed by atoms with van der Waals surface area (Å²) in [6, 6.07) is 13.8. The zero-order valence-electron chi connectivity index (χ0n) is 19.4. The number of nitrogens with one attached hydrogen (secondary N) is 3. The molecule has 0 fully saturated rings. The fraction of sp³-hybridized carbons (Fsp3) is 0.440. The zero-order chi connectivity index (χ0) is 23.0. The van der Waals surface area contributed by atoms with E-state index >= 15 is 0 Å². The van der Waals surface area contributed by atoms with Crippen molar-refractivity contribution in [3.8, 4) is 5.75 Å². The van der Waals surface area contributed by atoms with Crippen molar-refractivity contribution >= 4 is 23.2 Å². The van der Waals surface area contributed by atoms with Crippen LogP contribution in [0.4, 0.5) is 11.4 Å². The number of carbonyl (C=O) groups is 2. The maximum absolute atomic E-state index is 12.6. The highest BCUT2D eigenvalue weighted by Crippen LogP contribution is 2.28. The van der Waals surface area contributed by atoms with Crippen LogP contribution >= 0.6 is 0 Å². The molecule has 0 radical (unpaired) electrons. The van der Waals surface area contributed by atoms with Crippen LogP contribution in [0.25, 0.3) is 0 Å². The van der Waals surface area contributed by atoms with Crippen molar-refractivity contribution in [1.82, 2.24) is 5.32 Å². The van der Waals surface area contributed by atoms with Crippen LogP contribution in [-0.4, -0.2) is 25.5 Å². The molecule has 2 rings (SSSR count). The molecule has 0 spiro atoms. The Kier molecular flexibility index (Phi) is 9.06. The Bertz CT molecular complexity index is 878. The number of hydrogen-bond acceptors (Lipinski definition) is 4. The van der Waals surface area contributed by atoms with E-state index in [1.54, 1.807) is 25.3 Å². The van der Waals surface area contributed by atoms with E-state index in [2.05, 4.69) is 67.9 Å². The third kappa shape index (κ3) is 7.10. The molecule has 0 bridgehead atoms. The van der Waals surface area contributed by atoms with Gasteiger partial charge in [-0.2, -0.15) is 0 Å². The lowest BCUT2D eigenvalue weighted by atomic mass is 9.92. The summed E-state index contributed by atoms with van der Waals surface area (Å²) < 4.78 is 5.33. The average Bonchev–Trinajstić information content (AvgIpc) is 2.73. The molecule has 168 valence electrons. The molecule has 0 aliphatic rings. The predicted molar refractivity (Wildman–Crippen MR) is 127 cm³/mol. The number of hydrogen-bond donors (Lipinski definition) is 3. The molecule has 3 N–H and O–H groups in total. The van der Waals surface area contributed by atoms with Gasteiger partial charge in [0.15, 0.2) is 0 Å². The molecular weight excluding hydrogens is 390 g/mol. The molecule has 0 unspecified atom stereocenters. The molecule has 2 aromatic rings. The topological polar surface area (TPSA) is 79.5 Å². The first kappa shape index (κ1) is 24.4. The fourth-order valence-corrected chi connectivity index (χ4v) is 3.49. The van der Waals surface area contributed by atoms with Crippen molar-refractivity contribution in [2.75, 3.05) is 24.3 Å². The van der Waals surface area contributed by atoms with Crippen LogP contribution in [-0.2, 0) is 9.59 Å². The number of amides is 2. The molecule has 0 aromatic heterocycles. The molecule has 2 amide bonds. The highest BCUT2D eigenvalue weighted by Gasteiger charge is 2.18. The van der Waals surface area contributed by atoms with Gasteiger partial charge >= 0.3 is 0 Å². The Morgan fingerprint density at radius 1 is 0.968 bits per heavy atom. The number of ether oxygens (including phenoxy) is 1. The Balaban J connectivity index is 2.06. The Labute approximate surface area is 185 Å². The molecule has 2 aromatic carbocycles. The first-order chi connectivity index (χ1) is 14.7. The minimum absolute atomic E-state index is 0.0596. The van der Waals surface area contributed by atoms with Crippen molar-refractivity contribution in [3.05, 3.63) is 53.6 Å². The Morgan fingerprint density at radius 3 is 2.16 bits per heavy atom. The first-order valence-corrected chi connectivity index (χ1v) is 10.8. The molecule has 6 heteroatoms. The quantitative estimate of drug-likeness (QED) is 0.495. The highest BCUT2D eigenvalue weighted by atomic mass is 16.5. The van der Waals surface area contributed by atoms with E-state index in [1.165, 1.54) is 18.1 Å². The summed E-state index contributed by atoms with van der Waals surface area (Å²) in [5.74, 6) is 1.03. The second kappa shape index (κ2) is 11.5. The molecule has 0 aliphatic carbocycles. The minimum atomic E-state index is -0.180. The van der Waals surface area contributed by atoms with E-state index in [4.69, 9.17) is 4.74 Å². The van der Waals surface area contributed by atoms with E-state index in [1.807, 2.05) is 0 Å². The zero-order valence-corrected chi connectivity index (χ0v) is 19.4. The van der Waals surface area contributed by atoms with Crippen molar-refractivity contribution < 1.29 is 14.3 Å². The number of benzene rings is 2. The Morgan fingerprint density at radius 2 is 1.61 bits per heavy atom. The fourth-order valence-electron chi connectivity index (χ4n) is 3.49. The van der Waals surface area contributed by atoms with Gasteiger partial charge in [0.1, 0.15) is 5.75 Å². The van der Waals surface area contributed by atoms with Gasteiger partial charge in [-0.25, -0.2) is 0 Å². The van der Waals surface area contributed by atoms with Gasteiger partial charge in [-0.3, -0.25) is 9.59 Å². The van der Waals surface area contributed by atoms with E-state index in [9.17, 15) is 9.59 Å². The maximum atomic E-state index is 12.6. The molecule has 6 nitrogen and oxygen atoms in total. The van der Waals surface area contributed by atoms with Crippen LogP contribution < -0.4 is 20.7 Å². The second-order valence-corrected chi connectivity index (χ2v) is 8.22. The smallest absolute Gasteiger partial charge is 0.238 e. The number of anilines is 2. The van der Waals surface area contributed by atoms with Gasteiger partial charge in [-0.1, -0.05) is 52.0 Å². The normalized spacial score (nSPS) is 12.9. The van der Waals surface area contributed by atoms with E-state index < -0.39 is 0 Å². The van der Waals surface area contributed by atoms with Crippen LogP contribution in [0, 0.1) is 5.92 Å². The van der Waals surface area contributed by atoms with E-state index in [-0.39, 0.29) is 24.4 Å². The third-order valence-electron chi connectivity index (χ3n) is 5.42. The van der Waals surface area contributed by atoms with E-state index in [0.29, 0.717) is 29.0 Å². The monoisotopic (exact) mass is 425 g/mol. The van der Waals surface area contributed by atoms with Crippen LogP contribution in [0.5, 0.6) is 5.75 Å². The lowest BCUT2D eigenvalue weighted by Crippen LogP contribution is -2.33. The van der Waals surface area contributed by atoms with Gasteiger partial charge in [0.05, 0.1) is 19.3 Å². The van der Waals surface area contributed by atoms with Gasteiger partial charge in [0.25, 0.3) is 0 Å². The van der Waals surface area contributed by atoms with Gasteiger partial charge in [-0.05, 0) is 47.6 Å². The minimum Gasteiger partial charge on any atom is -0.495 e. The summed E-state index contributed by atoms with van der Waals surface area (Å²) in [6.45, 7) is 10.3. The molecule has 0 heterocycles. The van der Waals surface area contributed by atoms with Crippen molar-refractivity contribution in [1.29, 1.82) is 0 Å². The van der Waals surface area contributed by atoms with Crippen LogP contribution in [0.1, 0.15) is 64.1 Å². The lowest BCUT2D eigenvalue weighted by Gasteiger charge is -2.23. The van der Waals surface area contributed by atoms with Crippen molar-refractivity contribution in [2.45, 2.75) is 53.0 Å². The SMILES string of the molecule is CC[C@H](C)c1ccc([C@@H](NCC(=O)Nc2cc(NC(C)=O)ccc2OC)C(C)C)cc1. The van der Waals surface area contributed by atoms with Crippen molar-refractivity contribution in [3.63, 3.8) is 0 Å². The van der Waals surface area contributed by atoms with E-state index in [0.717, 1.165) is 6.42 Å². The summed E-state index contributed by atoms with van der Waals surface area (Å²) in [4.78, 5) is 24.0. The summed E-state index contributed by atoms with van der Waals surface area (Å²) in [5.41, 5.74) is 3.61. The van der Waals surface area contributed by atoms with Crippen LogP contribution in [0.2, 0.25) is 0 Å². The first-order valence-electron chi connectivity index (χ1n) is 10.8. The van der Waals surface area contributed by atoms with Gasteiger partial charge < -0.3 is 20.7 Å². The van der Waals surface area contributed by atoms with Crippen LogP contribution in [0.15, 0.2) is 42.5 Å². The third-order valence-corrected chi connectivity index (χ3v) is 5.42. The molecule has 0 aliphatic heterocycles. The molecule has 0 saturated carbocycles. The second-order valence-electron chi connectivity index (χ2n) is 8.22. The molecule has 31 heavy (non-hydrogen) atoms.